The average molecular weight is 622 g/mol. The van der Waals surface area contributed by atoms with Crippen molar-refractivity contribution in [1.29, 1.82) is 0 Å². The van der Waals surface area contributed by atoms with Gasteiger partial charge in [0.1, 0.15) is 0 Å². The molecule has 11 nitrogen and oxygen atoms in total. The number of imide groups is 1. The van der Waals surface area contributed by atoms with E-state index in [4.69, 9.17) is 14.6 Å². The molecule has 1 fully saturated rings. The van der Waals surface area contributed by atoms with Crippen LogP contribution in [0.1, 0.15) is 63.7 Å². The van der Waals surface area contributed by atoms with Crippen molar-refractivity contribution in [3.63, 3.8) is 0 Å². The molecule has 0 bridgehead atoms. The SMILES string of the molecule is COc1ccc([C@@H](CCCNS(N)(=O)=O)N2C(=O)c3cccc(N4CCN(C(C)c5ccccc5)CC4)c3C2=O)cc1OC. The topological polar surface area (TPSA) is 135 Å². The van der Waals surface area contributed by atoms with Crippen LogP contribution in [0.5, 0.6) is 11.5 Å². The van der Waals surface area contributed by atoms with Crippen LogP contribution in [0.15, 0.2) is 66.7 Å². The maximum absolute atomic E-state index is 14.2. The predicted octanol–water partition coefficient (Wildman–Crippen LogP) is 3.50. The summed E-state index contributed by atoms with van der Waals surface area (Å²) in [6.45, 7) is 5.33. The summed E-state index contributed by atoms with van der Waals surface area (Å²) in [6, 6.07) is 20.7. The Bertz CT molecular complexity index is 1610. The normalized spacial score (nSPS) is 17.0. The number of methoxy groups -OCH3 is 2. The van der Waals surface area contributed by atoms with Gasteiger partial charge in [0.15, 0.2) is 11.5 Å². The van der Waals surface area contributed by atoms with Crippen molar-refractivity contribution in [2.24, 2.45) is 5.14 Å². The van der Waals surface area contributed by atoms with Gasteiger partial charge in [0.05, 0.1) is 37.1 Å². The minimum atomic E-state index is -3.88. The summed E-state index contributed by atoms with van der Waals surface area (Å²) in [5.74, 6) is 0.205. The summed E-state index contributed by atoms with van der Waals surface area (Å²) in [7, 11) is -0.832. The number of benzene rings is 3. The zero-order valence-corrected chi connectivity index (χ0v) is 26.0. The lowest BCUT2D eigenvalue weighted by Gasteiger charge is -2.39. The van der Waals surface area contributed by atoms with Crippen LogP contribution in [0.2, 0.25) is 0 Å². The van der Waals surface area contributed by atoms with E-state index in [1.165, 1.54) is 24.7 Å². The number of nitrogens with zero attached hydrogens (tertiary/aromatic N) is 3. The minimum absolute atomic E-state index is 0.0583. The van der Waals surface area contributed by atoms with E-state index in [2.05, 4.69) is 45.7 Å². The molecule has 2 atom stereocenters. The molecule has 0 spiro atoms. The van der Waals surface area contributed by atoms with E-state index in [1.807, 2.05) is 18.2 Å². The second-order valence-electron chi connectivity index (χ2n) is 11.0. The van der Waals surface area contributed by atoms with E-state index in [0.717, 1.165) is 18.8 Å². The smallest absolute Gasteiger partial charge is 0.274 e. The molecular weight excluding hydrogens is 582 g/mol. The van der Waals surface area contributed by atoms with Crippen LogP contribution in [-0.4, -0.2) is 77.0 Å². The van der Waals surface area contributed by atoms with Crippen molar-refractivity contribution in [2.75, 3.05) is 51.8 Å². The number of hydrogen-bond acceptors (Lipinski definition) is 8. The Morgan fingerprint density at radius 2 is 1.57 bits per heavy atom. The molecule has 0 saturated carbocycles. The number of amides is 2. The highest BCUT2D eigenvalue weighted by molar-refractivity contribution is 7.87. The highest BCUT2D eigenvalue weighted by Crippen LogP contribution is 2.40. The Balaban J connectivity index is 1.40. The molecule has 1 saturated heterocycles. The molecule has 0 aliphatic carbocycles. The fraction of sp³-hybridized carbons (Fsp3) is 0.375. The van der Waals surface area contributed by atoms with Crippen molar-refractivity contribution in [3.05, 3.63) is 89.0 Å². The van der Waals surface area contributed by atoms with Crippen molar-refractivity contribution in [1.82, 2.24) is 14.5 Å². The molecule has 3 aromatic rings. The summed E-state index contributed by atoms with van der Waals surface area (Å²) in [4.78, 5) is 34.0. The van der Waals surface area contributed by atoms with Gasteiger partial charge in [-0.2, -0.15) is 8.42 Å². The van der Waals surface area contributed by atoms with Gasteiger partial charge >= 0.3 is 0 Å². The molecule has 2 aliphatic heterocycles. The van der Waals surface area contributed by atoms with Crippen LogP contribution in [0.3, 0.4) is 0 Å². The van der Waals surface area contributed by atoms with Gasteiger partial charge in [0.25, 0.3) is 22.0 Å². The second kappa shape index (κ2) is 13.3. The van der Waals surface area contributed by atoms with Crippen LogP contribution in [-0.2, 0) is 10.2 Å². The first-order valence-electron chi connectivity index (χ1n) is 14.7. The quantitative estimate of drug-likeness (QED) is 0.232. The number of rotatable bonds is 12. The molecule has 3 N–H and O–H groups in total. The van der Waals surface area contributed by atoms with Crippen molar-refractivity contribution in [2.45, 2.75) is 31.8 Å². The number of piperazine rings is 1. The molecule has 2 heterocycles. The van der Waals surface area contributed by atoms with Gasteiger partial charge in [0, 0.05) is 38.8 Å². The summed E-state index contributed by atoms with van der Waals surface area (Å²) in [6.07, 6.45) is 0.631. The Labute approximate surface area is 258 Å². The summed E-state index contributed by atoms with van der Waals surface area (Å²) in [5.41, 5.74) is 3.43. The lowest BCUT2D eigenvalue weighted by Crippen LogP contribution is -2.47. The van der Waals surface area contributed by atoms with Gasteiger partial charge in [-0.3, -0.25) is 19.4 Å². The van der Waals surface area contributed by atoms with E-state index in [1.54, 1.807) is 24.3 Å². The fourth-order valence-corrected chi connectivity index (χ4v) is 6.57. The molecule has 1 unspecified atom stereocenters. The summed E-state index contributed by atoms with van der Waals surface area (Å²) < 4.78 is 36.0. The molecule has 2 aliphatic rings. The van der Waals surface area contributed by atoms with Crippen LogP contribution in [0.25, 0.3) is 0 Å². The predicted molar refractivity (Wildman–Crippen MR) is 168 cm³/mol. The molecule has 44 heavy (non-hydrogen) atoms. The highest BCUT2D eigenvalue weighted by Gasteiger charge is 2.43. The van der Waals surface area contributed by atoms with Crippen molar-refractivity contribution in [3.8, 4) is 11.5 Å². The lowest BCUT2D eigenvalue weighted by atomic mass is 9.99. The van der Waals surface area contributed by atoms with Gasteiger partial charge in [0.2, 0.25) is 0 Å². The van der Waals surface area contributed by atoms with E-state index >= 15 is 0 Å². The second-order valence-corrected chi connectivity index (χ2v) is 12.4. The third kappa shape index (κ3) is 6.58. The number of fused-ring (bicyclic) bond motifs is 1. The third-order valence-electron chi connectivity index (χ3n) is 8.47. The van der Waals surface area contributed by atoms with Gasteiger partial charge in [-0.25, -0.2) is 9.86 Å². The summed E-state index contributed by atoms with van der Waals surface area (Å²) in [5, 5.41) is 5.10. The van der Waals surface area contributed by atoms with Gasteiger partial charge in [-0.05, 0) is 55.2 Å². The number of anilines is 1. The van der Waals surface area contributed by atoms with E-state index in [9.17, 15) is 18.0 Å². The Morgan fingerprint density at radius 1 is 0.864 bits per heavy atom. The third-order valence-corrected chi connectivity index (χ3v) is 9.08. The van der Waals surface area contributed by atoms with Gasteiger partial charge in [-0.15, -0.1) is 0 Å². The number of ether oxygens (including phenoxy) is 2. The van der Waals surface area contributed by atoms with E-state index in [-0.39, 0.29) is 24.4 Å². The standard InChI is InChI=1S/C32H39N5O6S/c1-22(23-9-5-4-6-10-23)35-17-19-36(20-18-35)27-12-7-11-25-30(27)32(39)37(31(25)38)26(13-8-16-34-44(33,40)41)24-14-15-28(42-2)29(21-24)43-3/h4-7,9-12,14-15,21-22,26,34H,8,13,16-20H2,1-3H3,(H2,33,40,41)/t22?,26-/m1/s1. The number of nitrogens with two attached hydrogens (primary N) is 1. The molecule has 3 aromatic carbocycles. The largest absolute Gasteiger partial charge is 0.493 e. The maximum atomic E-state index is 14.2. The van der Waals surface area contributed by atoms with Crippen molar-refractivity contribution < 1.29 is 27.5 Å². The van der Waals surface area contributed by atoms with Crippen LogP contribution >= 0.6 is 0 Å². The van der Waals surface area contributed by atoms with Crippen LogP contribution < -0.4 is 24.2 Å². The molecule has 12 heteroatoms. The Kier molecular flexibility index (Phi) is 9.54. The first-order chi connectivity index (χ1) is 21.1. The van der Waals surface area contributed by atoms with E-state index in [0.29, 0.717) is 54.1 Å². The first kappa shape index (κ1) is 31.5. The van der Waals surface area contributed by atoms with Crippen molar-refractivity contribution >= 4 is 27.7 Å². The number of carbonyl (C=O) groups excluding carboxylic acids is 2. The Hall–Kier alpha value is -3.97. The molecule has 0 radical (unpaired) electrons. The number of nitrogens with one attached hydrogen (secondary N) is 1. The molecular formula is C32H39N5O6S. The zero-order valence-electron chi connectivity index (χ0n) is 25.2. The molecule has 0 aromatic heterocycles. The van der Waals surface area contributed by atoms with Gasteiger partial charge < -0.3 is 14.4 Å². The molecule has 234 valence electrons. The number of carbonyl (C=O) groups is 2. The molecule has 5 rings (SSSR count). The minimum Gasteiger partial charge on any atom is -0.493 e. The lowest BCUT2D eigenvalue weighted by molar-refractivity contribution is 0.0572. The summed E-state index contributed by atoms with van der Waals surface area (Å²) >= 11 is 0. The maximum Gasteiger partial charge on any atom is 0.274 e. The van der Waals surface area contributed by atoms with Gasteiger partial charge in [-0.1, -0.05) is 42.5 Å². The van der Waals surface area contributed by atoms with E-state index < -0.39 is 16.3 Å². The van der Waals surface area contributed by atoms with Crippen LogP contribution in [0, 0.1) is 0 Å². The first-order valence-corrected chi connectivity index (χ1v) is 16.2. The molecule has 2 amide bonds. The number of hydrogen-bond donors (Lipinski definition) is 2. The van der Waals surface area contributed by atoms with Crippen LogP contribution in [0.4, 0.5) is 5.69 Å². The average Bonchev–Trinajstić information content (AvgIpc) is 3.29. The Morgan fingerprint density at radius 3 is 2.23 bits per heavy atom. The monoisotopic (exact) mass is 621 g/mol. The zero-order chi connectivity index (χ0) is 31.4. The highest BCUT2D eigenvalue weighted by atomic mass is 32.2. The fourth-order valence-electron chi connectivity index (χ4n) is 6.14.